The van der Waals surface area contributed by atoms with Gasteiger partial charge in [0.25, 0.3) is 0 Å². The Labute approximate surface area is 160 Å². The topological polar surface area (TPSA) is 66.8 Å². The molecule has 2 heterocycles. The molecule has 1 aromatic carbocycles. The van der Waals surface area contributed by atoms with E-state index in [1.807, 2.05) is 30.9 Å². The molecule has 0 aliphatic carbocycles. The SMILES string of the molecule is CC(C)CC(=O)N=C1S[C@@H]2CS(=O)(=O)C[C@H]2N1c1ccc(C(C)C)cc1. The standard InChI is InChI=1S/C19H26N2O3S2/c1-12(2)9-18(22)20-19-21(15-7-5-14(6-8-15)13(3)4)16-10-26(23,24)11-17(16)25-19/h5-8,12-13,16-17H,9-11H2,1-4H3/t16-,17-/m1/s1. The molecule has 0 unspecified atom stereocenters. The van der Waals surface area contributed by atoms with Crippen LogP contribution >= 0.6 is 11.8 Å². The van der Waals surface area contributed by atoms with Crippen molar-refractivity contribution in [3.63, 3.8) is 0 Å². The van der Waals surface area contributed by atoms with Gasteiger partial charge in [0.05, 0.1) is 17.5 Å². The van der Waals surface area contributed by atoms with Gasteiger partial charge in [-0.1, -0.05) is 51.6 Å². The summed E-state index contributed by atoms with van der Waals surface area (Å²) in [6.07, 6.45) is 0.401. The predicted molar refractivity (Wildman–Crippen MR) is 109 cm³/mol. The monoisotopic (exact) mass is 394 g/mol. The fourth-order valence-electron chi connectivity index (χ4n) is 3.39. The Morgan fingerprint density at radius 3 is 2.42 bits per heavy atom. The second-order valence-corrected chi connectivity index (χ2v) is 11.2. The number of hydrogen-bond acceptors (Lipinski definition) is 4. The first-order valence-electron chi connectivity index (χ1n) is 9.04. The minimum atomic E-state index is -3.04. The number of rotatable bonds is 4. The molecule has 3 rings (SSSR count). The van der Waals surface area contributed by atoms with Crippen molar-refractivity contribution in [2.24, 2.45) is 10.9 Å². The Balaban J connectivity index is 1.94. The van der Waals surface area contributed by atoms with Crippen LogP contribution in [-0.4, -0.2) is 42.3 Å². The van der Waals surface area contributed by atoms with Gasteiger partial charge in [-0.3, -0.25) is 4.79 Å². The molecule has 142 valence electrons. The summed E-state index contributed by atoms with van der Waals surface area (Å²) >= 11 is 1.43. The molecule has 0 spiro atoms. The largest absolute Gasteiger partial charge is 0.316 e. The van der Waals surface area contributed by atoms with Gasteiger partial charge in [-0.05, 0) is 29.5 Å². The molecule has 0 bridgehead atoms. The molecule has 0 N–H and O–H groups in total. The number of benzene rings is 1. The van der Waals surface area contributed by atoms with Gasteiger partial charge < -0.3 is 4.90 Å². The normalized spacial score (nSPS) is 26.1. The molecule has 2 aliphatic rings. The quantitative estimate of drug-likeness (QED) is 0.782. The van der Waals surface area contributed by atoms with E-state index < -0.39 is 9.84 Å². The average Bonchev–Trinajstić information content (AvgIpc) is 2.97. The Hall–Kier alpha value is -1.34. The third-order valence-electron chi connectivity index (χ3n) is 4.71. The molecule has 5 nitrogen and oxygen atoms in total. The van der Waals surface area contributed by atoms with E-state index in [4.69, 9.17) is 0 Å². The van der Waals surface area contributed by atoms with Gasteiger partial charge in [0, 0.05) is 17.4 Å². The number of hydrogen-bond donors (Lipinski definition) is 0. The maximum absolute atomic E-state index is 12.2. The number of anilines is 1. The molecular weight excluding hydrogens is 368 g/mol. The van der Waals surface area contributed by atoms with E-state index in [0.717, 1.165) is 5.69 Å². The van der Waals surface area contributed by atoms with E-state index in [0.29, 0.717) is 17.5 Å². The van der Waals surface area contributed by atoms with E-state index in [9.17, 15) is 13.2 Å². The van der Waals surface area contributed by atoms with E-state index in [2.05, 4.69) is 31.0 Å². The molecule has 0 saturated carbocycles. The zero-order valence-electron chi connectivity index (χ0n) is 15.7. The Morgan fingerprint density at radius 2 is 1.85 bits per heavy atom. The second-order valence-electron chi connectivity index (χ2n) is 7.80. The Bertz CT molecular complexity index is 814. The first kappa shape index (κ1) is 19.4. The van der Waals surface area contributed by atoms with Crippen LogP contribution in [0, 0.1) is 5.92 Å². The zero-order chi connectivity index (χ0) is 19.1. The highest BCUT2D eigenvalue weighted by Gasteiger charge is 2.49. The van der Waals surface area contributed by atoms with Crippen LogP contribution < -0.4 is 4.90 Å². The summed E-state index contributed by atoms with van der Waals surface area (Å²) in [5.41, 5.74) is 2.13. The maximum Gasteiger partial charge on any atom is 0.248 e. The molecule has 2 saturated heterocycles. The van der Waals surface area contributed by atoms with Gasteiger partial charge in [0.15, 0.2) is 15.0 Å². The van der Waals surface area contributed by atoms with Gasteiger partial charge in [-0.2, -0.15) is 4.99 Å². The van der Waals surface area contributed by atoms with Crippen LogP contribution in [0.3, 0.4) is 0 Å². The lowest BCUT2D eigenvalue weighted by molar-refractivity contribution is -0.118. The van der Waals surface area contributed by atoms with Crippen LogP contribution in [0.2, 0.25) is 0 Å². The Kier molecular flexibility index (Phi) is 5.49. The van der Waals surface area contributed by atoms with Gasteiger partial charge >= 0.3 is 0 Å². The fraction of sp³-hybridized carbons (Fsp3) is 0.579. The number of thioether (sulfide) groups is 1. The number of fused-ring (bicyclic) bond motifs is 1. The van der Waals surface area contributed by atoms with Crippen molar-refractivity contribution >= 4 is 38.4 Å². The van der Waals surface area contributed by atoms with Crippen LogP contribution in [0.1, 0.15) is 45.6 Å². The van der Waals surface area contributed by atoms with Gasteiger partial charge in [-0.15, -0.1) is 0 Å². The lowest BCUT2D eigenvalue weighted by atomic mass is 10.0. The highest BCUT2D eigenvalue weighted by molar-refractivity contribution is 8.16. The van der Waals surface area contributed by atoms with Crippen LogP contribution in [0.5, 0.6) is 0 Å². The van der Waals surface area contributed by atoms with Gasteiger partial charge in [0.1, 0.15) is 0 Å². The molecule has 2 fully saturated rings. The van der Waals surface area contributed by atoms with Crippen molar-refractivity contribution < 1.29 is 13.2 Å². The lowest BCUT2D eigenvalue weighted by Gasteiger charge is -2.25. The van der Waals surface area contributed by atoms with Gasteiger partial charge in [-0.25, -0.2) is 8.42 Å². The molecule has 0 radical (unpaired) electrons. The molecule has 1 amide bonds. The third-order valence-corrected chi connectivity index (χ3v) is 7.92. The fourth-order valence-corrected chi connectivity index (χ4v) is 7.32. The number of amides is 1. The Morgan fingerprint density at radius 1 is 1.19 bits per heavy atom. The first-order valence-corrected chi connectivity index (χ1v) is 11.7. The highest BCUT2D eigenvalue weighted by Crippen LogP contribution is 2.41. The van der Waals surface area contributed by atoms with E-state index in [-0.39, 0.29) is 34.6 Å². The molecule has 2 aliphatic heterocycles. The van der Waals surface area contributed by atoms with Crippen molar-refractivity contribution in [3.8, 4) is 0 Å². The molecule has 26 heavy (non-hydrogen) atoms. The number of carbonyl (C=O) groups excluding carboxylic acids is 1. The number of nitrogens with zero attached hydrogens (tertiary/aromatic N) is 2. The maximum atomic E-state index is 12.2. The molecule has 2 atom stereocenters. The predicted octanol–water partition coefficient (Wildman–Crippen LogP) is 3.46. The van der Waals surface area contributed by atoms with Crippen molar-refractivity contribution in [1.82, 2.24) is 0 Å². The summed E-state index contributed by atoms with van der Waals surface area (Å²) in [7, 11) is -3.04. The summed E-state index contributed by atoms with van der Waals surface area (Å²) in [4.78, 5) is 18.5. The first-order chi connectivity index (χ1) is 12.2. The van der Waals surface area contributed by atoms with Crippen LogP contribution in [-0.2, 0) is 14.6 Å². The summed E-state index contributed by atoms with van der Waals surface area (Å²) in [6, 6.07) is 7.99. The van der Waals surface area contributed by atoms with Crippen molar-refractivity contribution in [1.29, 1.82) is 0 Å². The molecule has 1 aromatic rings. The molecular formula is C19H26N2O3S2. The van der Waals surface area contributed by atoms with Crippen LogP contribution in [0.4, 0.5) is 5.69 Å². The molecule has 0 aromatic heterocycles. The van der Waals surface area contributed by atoms with E-state index in [1.165, 1.54) is 17.3 Å². The van der Waals surface area contributed by atoms with Crippen molar-refractivity contribution in [2.45, 2.75) is 51.3 Å². The van der Waals surface area contributed by atoms with Crippen LogP contribution in [0.25, 0.3) is 0 Å². The minimum absolute atomic E-state index is 0.0598. The summed E-state index contributed by atoms with van der Waals surface area (Å²) in [6.45, 7) is 8.25. The second kappa shape index (κ2) is 7.35. The number of aliphatic imine (C=N–C) groups is 1. The zero-order valence-corrected chi connectivity index (χ0v) is 17.3. The van der Waals surface area contributed by atoms with Crippen molar-refractivity contribution in [2.75, 3.05) is 16.4 Å². The van der Waals surface area contributed by atoms with Crippen LogP contribution in [0.15, 0.2) is 29.3 Å². The van der Waals surface area contributed by atoms with E-state index in [1.54, 1.807) is 0 Å². The smallest absolute Gasteiger partial charge is 0.248 e. The average molecular weight is 395 g/mol. The van der Waals surface area contributed by atoms with Gasteiger partial charge in [0.2, 0.25) is 5.91 Å². The molecule has 7 heteroatoms. The number of amidine groups is 1. The summed E-state index contributed by atoms with van der Waals surface area (Å²) in [5.74, 6) is 0.803. The number of sulfone groups is 1. The van der Waals surface area contributed by atoms with E-state index >= 15 is 0 Å². The van der Waals surface area contributed by atoms with Crippen molar-refractivity contribution in [3.05, 3.63) is 29.8 Å². The summed E-state index contributed by atoms with van der Waals surface area (Å²) in [5, 5.41) is 0.577. The number of carbonyl (C=O) groups is 1. The lowest BCUT2D eigenvalue weighted by Crippen LogP contribution is -2.37. The minimum Gasteiger partial charge on any atom is -0.316 e. The summed E-state index contributed by atoms with van der Waals surface area (Å²) < 4.78 is 24.2. The third kappa shape index (κ3) is 4.14. The highest BCUT2D eigenvalue weighted by atomic mass is 32.2.